The number of carbonyl (C=O) groups excluding carboxylic acids is 1. The van der Waals surface area contributed by atoms with Gasteiger partial charge in [-0.15, -0.1) is 0 Å². The second kappa shape index (κ2) is 5.62. The molecule has 0 spiro atoms. The van der Waals surface area contributed by atoms with Gasteiger partial charge in [-0.1, -0.05) is 0 Å². The van der Waals surface area contributed by atoms with Gasteiger partial charge in [0.25, 0.3) is 0 Å². The Hall–Kier alpha value is -2.54. The number of aliphatic hydroxyl groups excluding tert-OH is 1. The number of nitrogens with zero attached hydrogens (tertiary/aromatic N) is 1. The van der Waals surface area contributed by atoms with Crippen molar-refractivity contribution in [2.24, 2.45) is 5.73 Å². The lowest BCUT2D eigenvalue weighted by Gasteiger charge is -2.05. The molecule has 0 saturated heterocycles. The lowest BCUT2D eigenvalue weighted by Crippen LogP contribution is -2.18. The number of ether oxygens (including phenoxy) is 1. The molecule has 7 nitrogen and oxygen atoms in total. The highest BCUT2D eigenvalue weighted by molar-refractivity contribution is 5.95. The van der Waals surface area contributed by atoms with Gasteiger partial charge in [0, 0.05) is 11.6 Å². The van der Waals surface area contributed by atoms with E-state index < -0.39 is 12.0 Å². The highest BCUT2D eigenvalue weighted by Gasteiger charge is 2.14. The molecular weight excluding hydrogens is 264 g/mol. The maximum absolute atomic E-state index is 11.3. The summed E-state index contributed by atoms with van der Waals surface area (Å²) in [6.07, 6.45) is 1.19. The van der Waals surface area contributed by atoms with Crippen LogP contribution in [0.25, 0.3) is 10.9 Å². The van der Waals surface area contributed by atoms with Gasteiger partial charge in [-0.25, -0.2) is 4.79 Å². The minimum Gasteiger partial charge on any atom is -0.491 e. The highest BCUT2D eigenvalue weighted by atomic mass is 16.5. The van der Waals surface area contributed by atoms with Gasteiger partial charge in [0.2, 0.25) is 0 Å². The fraction of sp³-hybridized carbons (Fsp3) is 0.231. The first kappa shape index (κ1) is 13.9. The number of carbonyl (C=O) groups is 2. The summed E-state index contributed by atoms with van der Waals surface area (Å²) >= 11 is 0. The van der Waals surface area contributed by atoms with Crippen molar-refractivity contribution in [1.82, 2.24) is 4.57 Å². The van der Waals surface area contributed by atoms with Crippen LogP contribution in [0, 0.1) is 0 Å². The van der Waals surface area contributed by atoms with Gasteiger partial charge in [0.15, 0.2) is 0 Å². The number of aliphatic hydroxyl groups is 1. The Kier molecular flexibility index (Phi) is 3.90. The molecule has 0 atom stereocenters. The van der Waals surface area contributed by atoms with E-state index in [4.69, 9.17) is 20.7 Å². The van der Waals surface area contributed by atoms with Gasteiger partial charge < -0.3 is 20.7 Å². The maximum atomic E-state index is 11.3. The zero-order valence-corrected chi connectivity index (χ0v) is 10.6. The Morgan fingerprint density at radius 3 is 2.70 bits per heavy atom. The summed E-state index contributed by atoms with van der Waals surface area (Å²) in [6, 6.07) is 4.19. The molecule has 2 rings (SSSR count). The number of benzene rings is 1. The summed E-state index contributed by atoms with van der Waals surface area (Å²) in [4.78, 5) is 22.2. The number of primary amides is 1. The monoisotopic (exact) mass is 278 g/mol. The topological polar surface area (TPSA) is 115 Å². The van der Waals surface area contributed by atoms with Crippen molar-refractivity contribution in [1.29, 1.82) is 0 Å². The molecule has 20 heavy (non-hydrogen) atoms. The summed E-state index contributed by atoms with van der Waals surface area (Å²) in [6.45, 7) is 0.0125. The van der Waals surface area contributed by atoms with Gasteiger partial charge in [-0.2, -0.15) is 0 Å². The Morgan fingerprint density at radius 1 is 1.35 bits per heavy atom. The molecule has 0 saturated carbocycles. The molecule has 0 aliphatic heterocycles. The van der Waals surface area contributed by atoms with E-state index in [9.17, 15) is 9.59 Å². The lowest BCUT2D eigenvalue weighted by molar-refractivity contribution is -0.136. The molecule has 0 unspecified atom stereocenters. The van der Waals surface area contributed by atoms with Crippen LogP contribution in [0.1, 0.15) is 5.56 Å². The van der Waals surface area contributed by atoms with Gasteiger partial charge in [0.05, 0.1) is 18.5 Å². The predicted molar refractivity (Wildman–Crippen MR) is 70.8 cm³/mol. The summed E-state index contributed by atoms with van der Waals surface area (Å²) in [5, 5.41) is 18.2. The molecule has 0 bridgehead atoms. The van der Waals surface area contributed by atoms with Crippen LogP contribution in [-0.4, -0.2) is 40.0 Å². The average molecular weight is 278 g/mol. The predicted octanol–water partition coefficient (Wildman–Crippen LogP) is 0.566. The molecule has 4 N–H and O–H groups in total. The molecule has 0 radical (unpaired) electrons. The zero-order chi connectivity index (χ0) is 14.7. The molecule has 7 heteroatoms. The van der Waals surface area contributed by atoms with E-state index in [1.165, 1.54) is 10.8 Å². The number of aromatic nitrogens is 1. The average Bonchev–Trinajstić information content (AvgIpc) is 2.74. The van der Waals surface area contributed by atoms with Crippen molar-refractivity contribution in [3.8, 4) is 5.75 Å². The highest BCUT2D eigenvalue weighted by Crippen LogP contribution is 2.26. The molecule has 1 aromatic heterocycles. The van der Waals surface area contributed by atoms with E-state index in [-0.39, 0.29) is 19.6 Å². The SMILES string of the molecule is NC(=O)n1cc(CC(=O)O)c2cc(OCCO)ccc21. The molecule has 106 valence electrons. The molecule has 0 aliphatic rings. The summed E-state index contributed by atoms with van der Waals surface area (Å²) in [7, 11) is 0. The molecule has 2 aromatic rings. The third kappa shape index (κ3) is 2.72. The van der Waals surface area contributed by atoms with Crippen LogP contribution < -0.4 is 10.5 Å². The second-order valence-corrected chi connectivity index (χ2v) is 4.18. The van der Waals surface area contributed by atoms with E-state index in [0.717, 1.165) is 0 Å². The fourth-order valence-corrected chi connectivity index (χ4v) is 2.02. The van der Waals surface area contributed by atoms with E-state index >= 15 is 0 Å². The third-order valence-corrected chi connectivity index (χ3v) is 2.80. The zero-order valence-electron chi connectivity index (χ0n) is 10.6. The first-order valence-corrected chi connectivity index (χ1v) is 5.92. The number of carboxylic acid groups (broad SMARTS) is 1. The molecule has 1 aromatic carbocycles. The molecule has 1 heterocycles. The third-order valence-electron chi connectivity index (χ3n) is 2.80. The van der Waals surface area contributed by atoms with Crippen LogP contribution in [0.4, 0.5) is 4.79 Å². The number of hydrogen-bond donors (Lipinski definition) is 3. The minimum atomic E-state index is -1.00. The Morgan fingerprint density at radius 2 is 2.10 bits per heavy atom. The number of rotatable bonds is 5. The largest absolute Gasteiger partial charge is 0.491 e. The summed E-state index contributed by atoms with van der Waals surface area (Å²) in [5.41, 5.74) is 6.25. The van der Waals surface area contributed by atoms with Crippen molar-refractivity contribution in [3.63, 3.8) is 0 Å². The standard InChI is InChI=1S/C13H14N2O5/c14-13(19)15-7-8(5-12(17)18)10-6-9(20-4-3-16)1-2-11(10)15/h1-2,6-7,16H,3-5H2,(H2,14,19)(H,17,18). The minimum absolute atomic E-state index is 0.123. The van der Waals surface area contributed by atoms with Crippen LogP contribution in [-0.2, 0) is 11.2 Å². The quantitative estimate of drug-likeness (QED) is 0.739. The van der Waals surface area contributed by atoms with Crippen LogP contribution in [0.3, 0.4) is 0 Å². The number of aliphatic carboxylic acids is 1. The lowest BCUT2D eigenvalue weighted by atomic mass is 10.1. The van der Waals surface area contributed by atoms with Crippen molar-refractivity contribution in [3.05, 3.63) is 30.0 Å². The second-order valence-electron chi connectivity index (χ2n) is 4.18. The first-order valence-electron chi connectivity index (χ1n) is 5.92. The fourth-order valence-electron chi connectivity index (χ4n) is 2.02. The number of amides is 1. The molecule has 1 amide bonds. The van der Waals surface area contributed by atoms with Gasteiger partial charge in [0.1, 0.15) is 12.4 Å². The molecular formula is C13H14N2O5. The van der Waals surface area contributed by atoms with Crippen molar-refractivity contribution < 1.29 is 24.5 Å². The Labute approximate surface area is 114 Å². The number of fused-ring (bicyclic) bond motifs is 1. The van der Waals surface area contributed by atoms with E-state index in [1.807, 2.05) is 0 Å². The smallest absolute Gasteiger partial charge is 0.323 e. The Balaban J connectivity index is 2.52. The summed E-state index contributed by atoms with van der Waals surface area (Å²) in [5.74, 6) is -0.518. The van der Waals surface area contributed by atoms with Crippen LogP contribution in [0.5, 0.6) is 5.75 Å². The van der Waals surface area contributed by atoms with Crippen LogP contribution >= 0.6 is 0 Å². The van der Waals surface area contributed by atoms with E-state index in [1.54, 1.807) is 18.2 Å². The molecule has 0 fully saturated rings. The van der Waals surface area contributed by atoms with Gasteiger partial charge in [-0.05, 0) is 23.8 Å². The Bertz CT molecular complexity index is 662. The van der Waals surface area contributed by atoms with Crippen LogP contribution in [0.15, 0.2) is 24.4 Å². The first-order chi connectivity index (χ1) is 9.52. The van der Waals surface area contributed by atoms with Gasteiger partial charge in [-0.3, -0.25) is 9.36 Å². The number of hydrogen-bond acceptors (Lipinski definition) is 4. The normalized spacial score (nSPS) is 10.7. The van der Waals surface area contributed by atoms with Crippen LogP contribution in [0.2, 0.25) is 0 Å². The van der Waals surface area contributed by atoms with Crippen molar-refractivity contribution in [2.45, 2.75) is 6.42 Å². The van der Waals surface area contributed by atoms with Crippen molar-refractivity contribution >= 4 is 22.9 Å². The number of nitrogens with two attached hydrogens (primary N) is 1. The van der Waals surface area contributed by atoms with E-state index in [0.29, 0.717) is 22.2 Å². The maximum Gasteiger partial charge on any atom is 0.323 e. The number of carboxylic acids is 1. The molecule has 0 aliphatic carbocycles. The van der Waals surface area contributed by atoms with Crippen molar-refractivity contribution in [2.75, 3.05) is 13.2 Å². The van der Waals surface area contributed by atoms with E-state index in [2.05, 4.69) is 0 Å². The summed E-state index contributed by atoms with van der Waals surface area (Å²) < 4.78 is 6.47. The van der Waals surface area contributed by atoms with Gasteiger partial charge >= 0.3 is 12.0 Å².